The Bertz CT molecular complexity index is 1280. The average molecular weight is 414 g/mol. The number of nitrogen functional groups attached to an aromatic ring is 1. The zero-order chi connectivity index (χ0) is 19.9. The Morgan fingerprint density at radius 1 is 1.07 bits per heavy atom. The van der Waals surface area contributed by atoms with Gasteiger partial charge in [-0.2, -0.15) is 0 Å². The molecule has 2 aromatic heterocycles. The Hall–Kier alpha value is -2.97. The molecule has 0 saturated heterocycles. The van der Waals surface area contributed by atoms with Gasteiger partial charge in [0.1, 0.15) is 17.3 Å². The van der Waals surface area contributed by atoms with E-state index in [1.54, 1.807) is 42.6 Å². The summed E-state index contributed by atoms with van der Waals surface area (Å²) in [5, 5.41) is 0. The van der Waals surface area contributed by atoms with Crippen molar-refractivity contribution in [3.8, 4) is 21.9 Å². The SMILES string of the molecule is CS(=O)(=O)c1ccc(-c2cc3nccc(Oc4ccc(N)c(F)c4)c3s2)cc1. The van der Waals surface area contributed by atoms with Crippen LogP contribution in [-0.2, 0) is 9.84 Å². The first-order valence-electron chi connectivity index (χ1n) is 8.23. The summed E-state index contributed by atoms with van der Waals surface area (Å²) < 4.78 is 43.6. The number of fused-ring (bicyclic) bond motifs is 1. The topological polar surface area (TPSA) is 82.3 Å². The first-order valence-corrected chi connectivity index (χ1v) is 10.9. The summed E-state index contributed by atoms with van der Waals surface area (Å²) in [4.78, 5) is 5.55. The lowest BCUT2D eigenvalue weighted by atomic mass is 10.2. The number of hydrogen-bond donors (Lipinski definition) is 1. The van der Waals surface area contributed by atoms with Crippen molar-refractivity contribution in [1.82, 2.24) is 4.98 Å². The van der Waals surface area contributed by atoms with Crippen LogP contribution >= 0.6 is 11.3 Å². The smallest absolute Gasteiger partial charge is 0.175 e. The summed E-state index contributed by atoms with van der Waals surface area (Å²) in [6.45, 7) is 0. The molecule has 28 heavy (non-hydrogen) atoms. The Kier molecular flexibility index (Phi) is 4.52. The fraction of sp³-hybridized carbons (Fsp3) is 0.0500. The van der Waals surface area contributed by atoms with E-state index >= 15 is 0 Å². The molecule has 0 bridgehead atoms. The maximum absolute atomic E-state index is 13.7. The van der Waals surface area contributed by atoms with Crippen molar-refractivity contribution >= 4 is 37.1 Å². The van der Waals surface area contributed by atoms with E-state index in [9.17, 15) is 12.8 Å². The van der Waals surface area contributed by atoms with Gasteiger partial charge in [-0.3, -0.25) is 4.98 Å². The molecule has 0 atom stereocenters. The molecule has 5 nitrogen and oxygen atoms in total. The second kappa shape index (κ2) is 6.88. The first kappa shape index (κ1) is 18.4. The number of anilines is 1. The van der Waals surface area contributed by atoms with E-state index in [-0.39, 0.29) is 10.6 Å². The number of halogens is 1. The maximum atomic E-state index is 13.7. The van der Waals surface area contributed by atoms with Crippen LogP contribution in [0.3, 0.4) is 0 Å². The summed E-state index contributed by atoms with van der Waals surface area (Å²) >= 11 is 1.46. The fourth-order valence-corrected chi connectivity index (χ4v) is 4.40. The van der Waals surface area contributed by atoms with Crippen molar-refractivity contribution in [1.29, 1.82) is 0 Å². The number of thiophene rings is 1. The van der Waals surface area contributed by atoms with Crippen LogP contribution in [0.25, 0.3) is 20.7 Å². The minimum absolute atomic E-state index is 0.0585. The minimum atomic E-state index is -3.24. The molecule has 0 fully saturated rings. The van der Waals surface area contributed by atoms with Crippen molar-refractivity contribution in [2.75, 3.05) is 12.0 Å². The number of rotatable bonds is 4. The standard InChI is InChI=1S/C20H15FN2O3S2/c1-28(24,25)14-5-2-12(3-6-14)19-11-17-20(27-19)18(8-9-23-17)26-13-4-7-16(22)15(21)10-13/h2-11H,22H2,1H3. The molecule has 2 aromatic carbocycles. The van der Waals surface area contributed by atoms with E-state index in [1.807, 2.05) is 6.07 Å². The third kappa shape index (κ3) is 3.56. The molecule has 0 unspecified atom stereocenters. The number of benzene rings is 2. The highest BCUT2D eigenvalue weighted by Gasteiger charge is 2.13. The number of aromatic nitrogens is 1. The summed E-state index contributed by atoms with van der Waals surface area (Å²) in [6, 6.07) is 14.6. The molecule has 142 valence electrons. The van der Waals surface area contributed by atoms with Crippen molar-refractivity contribution in [2.45, 2.75) is 4.90 Å². The Morgan fingerprint density at radius 3 is 2.50 bits per heavy atom. The third-order valence-corrected chi connectivity index (χ3v) is 6.46. The van der Waals surface area contributed by atoms with E-state index in [0.717, 1.165) is 20.7 Å². The number of hydrogen-bond acceptors (Lipinski definition) is 6. The van der Waals surface area contributed by atoms with E-state index in [4.69, 9.17) is 10.5 Å². The molecule has 0 amide bonds. The maximum Gasteiger partial charge on any atom is 0.175 e. The normalized spacial score (nSPS) is 11.6. The molecule has 0 aliphatic carbocycles. The van der Waals surface area contributed by atoms with E-state index in [2.05, 4.69) is 4.98 Å². The zero-order valence-corrected chi connectivity index (χ0v) is 16.4. The number of sulfone groups is 1. The Morgan fingerprint density at radius 2 is 1.82 bits per heavy atom. The quantitative estimate of drug-likeness (QED) is 0.481. The fourth-order valence-electron chi connectivity index (χ4n) is 2.70. The summed E-state index contributed by atoms with van der Waals surface area (Å²) in [5.74, 6) is 0.352. The van der Waals surface area contributed by atoms with Crippen LogP contribution in [0.2, 0.25) is 0 Å². The third-order valence-electron chi connectivity index (χ3n) is 4.14. The molecule has 0 spiro atoms. The highest BCUT2D eigenvalue weighted by Crippen LogP contribution is 2.39. The summed E-state index contributed by atoms with van der Waals surface area (Å²) in [6.07, 6.45) is 2.80. The van der Waals surface area contributed by atoms with E-state index < -0.39 is 15.7 Å². The molecule has 0 aliphatic heterocycles. The van der Waals surface area contributed by atoms with E-state index in [1.165, 1.54) is 29.7 Å². The summed E-state index contributed by atoms with van der Waals surface area (Å²) in [5.41, 5.74) is 7.17. The lowest BCUT2D eigenvalue weighted by Gasteiger charge is -2.07. The largest absolute Gasteiger partial charge is 0.456 e. The van der Waals surface area contributed by atoms with Gasteiger partial charge in [0.25, 0.3) is 0 Å². The number of nitrogens with zero attached hydrogens (tertiary/aromatic N) is 1. The molecule has 0 radical (unpaired) electrons. The van der Waals surface area contributed by atoms with Gasteiger partial charge in [0.2, 0.25) is 0 Å². The molecule has 4 aromatic rings. The van der Waals surface area contributed by atoms with Crippen molar-refractivity contribution in [3.05, 3.63) is 66.6 Å². The van der Waals surface area contributed by atoms with Crippen LogP contribution in [0, 0.1) is 5.82 Å². The van der Waals surface area contributed by atoms with Gasteiger partial charge in [0.15, 0.2) is 9.84 Å². The lowest BCUT2D eigenvalue weighted by molar-refractivity contribution is 0.483. The molecule has 4 rings (SSSR count). The van der Waals surface area contributed by atoms with Crippen LogP contribution < -0.4 is 10.5 Å². The Labute approximate surface area is 165 Å². The molecule has 2 N–H and O–H groups in total. The second-order valence-corrected chi connectivity index (χ2v) is 9.28. The van der Waals surface area contributed by atoms with Crippen LogP contribution in [-0.4, -0.2) is 19.7 Å². The highest BCUT2D eigenvalue weighted by atomic mass is 32.2. The first-order chi connectivity index (χ1) is 13.3. The van der Waals surface area contributed by atoms with Gasteiger partial charge in [-0.1, -0.05) is 12.1 Å². The lowest BCUT2D eigenvalue weighted by Crippen LogP contribution is -1.95. The predicted octanol–water partition coefficient (Wildman–Crippen LogP) is 4.88. The molecule has 2 heterocycles. The van der Waals surface area contributed by atoms with Gasteiger partial charge < -0.3 is 10.5 Å². The number of pyridine rings is 1. The molecular formula is C20H15FN2O3S2. The minimum Gasteiger partial charge on any atom is -0.456 e. The molecular weight excluding hydrogens is 399 g/mol. The van der Waals surface area contributed by atoms with Crippen LogP contribution in [0.5, 0.6) is 11.5 Å². The van der Waals surface area contributed by atoms with Crippen LogP contribution in [0.15, 0.2) is 65.7 Å². The van der Waals surface area contributed by atoms with Gasteiger partial charge in [0.05, 0.1) is 20.8 Å². The average Bonchev–Trinajstić information content (AvgIpc) is 3.09. The molecule has 0 aliphatic rings. The van der Waals surface area contributed by atoms with Crippen LogP contribution in [0.4, 0.5) is 10.1 Å². The molecule has 8 heteroatoms. The summed E-state index contributed by atoms with van der Waals surface area (Å²) in [7, 11) is -3.24. The van der Waals surface area contributed by atoms with Gasteiger partial charge in [-0.15, -0.1) is 11.3 Å². The number of ether oxygens (including phenoxy) is 1. The highest BCUT2D eigenvalue weighted by molar-refractivity contribution is 7.90. The van der Waals surface area contributed by atoms with Crippen molar-refractivity contribution in [2.24, 2.45) is 0 Å². The van der Waals surface area contributed by atoms with E-state index in [0.29, 0.717) is 11.5 Å². The zero-order valence-electron chi connectivity index (χ0n) is 14.7. The van der Waals surface area contributed by atoms with Crippen molar-refractivity contribution in [3.63, 3.8) is 0 Å². The van der Waals surface area contributed by atoms with Gasteiger partial charge >= 0.3 is 0 Å². The van der Waals surface area contributed by atoms with Crippen LogP contribution in [0.1, 0.15) is 0 Å². The van der Waals surface area contributed by atoms with Gasteiger partial charge in [-0.05, 0) is 35.9 Å². The predicted molar refractivity (Wildman–Crippen MR) is 109 cm³/mol. The number of nitrogens with two attached hydrogens (primary N) is 1. The van der Waals surface area contributed by atoms with Gasteiger partial charge in [0, 0.05) is 29.5 Å². The Balaban J connectivity index is 1.71. The van der Waals surface area contributed by atoms with Crippen molar-refractivity contribution < 1.29 is 17.5 Å². The van der Waals surface area contributed by atoms with Gasteiger partial charge in [-0.25, -0.2) is 12.8 Å². The monoisotopic (exact) mass is 414 g/mol. The second-order valence-electron chi connectivity index (χ2n) is 6.22. The molecule has 0 saturated carbocycles.